The molecule has 0 atom stereocenters. The predicted octanol–water partition coefficient (Wildman–Crippen LogP) is 6.79. The zero-order valence-electron chi connectivity index (χ0n) is 16.3. The van der Waals surface area contributed by atoms with E-state index in [0.717, 1.165) is 0 Å². The predicted molar refractivity (Wildman–Crippen MR) is 105 cm³/mol. The van der Waals surface area contributed by atoms with Gasteiger partial charge in [0.25, 0.3) is 0 Å². The van der Waals surface area contributed by atoms with Gasteiger partial charge in [-0.15, -0.1) is 0 Å². The third-order valence-corrected chi connectivity index (χ3v) is 6.02. The molecule has 0 spiro atoms. The van der Waals surface area contributed by atoms with Gasteiger partial charge < -0.3 is 0 Å². The van der Waals surface area contributed by atoms with Gasteiger partial charge in [0.05, 0.1) is 0 Å². The largest absolute Gasteiger partial charge is 0.0561 e. The Balaban J connectivity index is 2.32. The van der Waals surface area contributed by atoms with Gasteiger partial charge in [-0.1, -0.05) is 54.7 Å². The number of rotatable bonds is 2. The van der Waals surface area contributed by atoms with Crippen LogP contribution < -0.4 is 0 Å². The van der Waals surface area contributed by atoms with Crippen LogP contribution in [0.4, 0.5) is 0 Å². The van der Waals surface area contributed by atoms with Crippen molar-refractivity contribution >= 4 is 0 Å². The molecule has 1 aliphatic rings. The van der Waals surface area contributed by atoms with E-state index in [-0.39, 0.29) is 5.41 Å². The lowest BCUT2D eigenvalue weighted by Crippen LogP contribution is -2.34. The Morgan fingerprint density at radius 3 is 1.21 bits per heavy atom. The third kappa shape index (κ3) is 2.81. The highest BCUT2D eigenvalue weighted by Crippen LogP contribution is 2.49. The molecule has 1 fully saturated rings. The van der Waals surface area contributed by atoms with Crippen molar-refractivity contribution in [1.82, 2.24) is 0 Å². The summed E-state index contributed by atoms with van der Waals surface area (Å²) in [6.45, 7) is 13.7. The zero-order chi connectivity index (χ0) is 17.5. The Morgan fingerprint density at radius 2 is 0.875 bits per heavy atom. The Labute approximate surface area is 148 Å². The van der Waals surface area contributed by atoms with Crippen molar-refractivity contribution in [2.75, 3.05) is 0 Å². The maximum absolute atomic E-state index is 2.39. The summed E-state index contributed by atoms with van der Waals surface area (Å²) >= 11 is 0. The molecule has 0 saturated heterocycles. The van der Waals surface area contributed by atoms with Crippen LogP contribution in [0, 0.1) is 41.5 Å². The second kappa shape index (κ2) is 6.39. The van der Waals surface area contributed by atoms with Gasteiger partial charge in [-0.3, -0.25) is 0 Å². The molecule has 1 saturated carbocycles. The van der Waals surface area contributed by atoms with Crippen LogP contribution in [0.25, 0.3) is 0 Å². The van der Waals surface area contributed by atoms with E-state index in [2.05, 4.69) is 65.8 Å². The van der Waals surface area contributed by atoms with Gasteiger partial charge in [-0.25, -0.2) is 0 Å². The molecule has 0 aromatic heterocycles. The van der Waals surface area contributed by atoms with Gasteiger partial charge in [0.15, 0.2) is 0 Å². The van der Waals surface area contributed by atoms with Crippen LogP contribution in [-0.4, -0.2) is 0 Å². The zero-order valence-corrected chi connectivity index (χ0v) is 16.3. The summed E-state index contributed by atoms with van der Waals surface area (Å²) in [6, 6.07) is 9.55. The van der Waals surface area contributed by atoms with Crippen LogP contribution in [0.15, 0.2) is 24.3 Å². The summed E-state index contributed by atoms with van der Waals surface area (Å²) in [6.07, 6.45) is 6.67. The standard InChI is InChI=1S/C24H32/c1-16-12-18(3)22(19(4)13-16)24(10-8-7-9-11-24)23-20(5)14-17(2)15-21(23)6/h12-15H,7-11H2,1-6H3. The summed E-state index contributed by atoms with van der Waals surface area (Å²) in [5.74, 6) is 0. The fourth-order valence-corrected chi connectivity index (χ4v) is 5.65. The fraction of sp³-hybridized carbons (Fsp3) is 0.500. The fourth-order valence-electron chi connectivity index (χ4n) is 5.65. The highest BCUT2D eigenvalue weighted by Gasteiger charge is 2.39. The highest BCUT2D eigenvalue weighted by molar-refractivity contribution is 5.54. The molecule has 0 heteroatoms. The molecule has 2 aromatic carbocycles. The van der Waals surface area contributed by atoms with Crippen molar-refractivity contribution in [2.24, 2.45) is 0 Å². The molecule has 0 bridgehead atoms. The van der Waals surface area contributed by atoms with Crippen LogP contribution in [0.5, 0.6) is 0 Å². The Kier molecular flexibility index (Phi) is 4.60. The lowest BCUT2D eigenvalue weighted by Gasteiger charge is -2.43. The molecule has 0 aliphatic heterocycles. The minimum absolute atomic E-state index is 0.210. The van der Waals surface area contributed by atoms with Crippen LogP contribution in [0.1, 0.15) is 76.6 Å². The van der Waals surface area contributed by atoms with Crippen molar-refractivity contribution in [3.63, 3.8) is 0 Å². The third-order valence-electron chi connectivity index (χ3n) is 6.02. The van der Waals surface area contributed by atoms with Gasteiger partial charge in [0.1, 0.15) is 0 Å². The van der Waals surface area contributed by atoms with Gasteiger partial charge in [-0.05, 0) is 87.8 Å². The molecule has 1 aliphatic carbocycles. The first-order valence-corrected chi connectivity index (χ1v) is 9.52. The number of hydrogen-bond acceptors (Lipinski definition) is 0. The average Bonchev–Trinajstić information content (AvgIpc) is 2.45. The molecule has 0 heterocycles. The Bertz CT molecular complexity index is 652. The summed E-state index contributed by atoms with van der Waals surface area (Å²) in [7, 11) is 0. The number of aryl methyl sites for hydroxylation is 6. The van der Waals surface area contributed by atoms with Crippen LogP contribution in [-0.2, 0) is 5.41 Å². The summed E-state index contributed by atoms with van der Waals surface area (Å²) in [4.78, 5) is 0. The smallest absolute Gasteiger partial charge is 0.0213 e. The maximum atomic E-state index is 2.39. The van der Waals surface area contributed by atoms with E-state index >= 15 is 0 Å². The number of hydrogen-bond donors (Lipinski definition) is 0. The van der Waals surface area contributed by atoms with Gasteiger partial charge >= 0.3 is 0 Å². The Hall–Kier alpha value is -1.56. The van der Waals surface area contributed by atoms with E-state index in [4.69, 9.17) is 0 Å². The highest BCUT2D eigenvalue weighted by atomic mass is 14.4. The van der Waals surface area contributed by atoms with E-state index in [1.807, 2.05) is 0 Å². The summed E-state index contributed by atoms with van der Waals surface area (Å²) in [5.41, 5.74) is 12.1. The lowest BCUT2D eigenvalue weighted by atomic mass is 9.61. The first-order valence-electron chi connectivity index (χ1n) is 9.52. The summed E-state index contributed by atoms with van der Waals surface area (Å²) < 4.78 is 0. The molecule has 0 nitrogen and oxygen atoms in total. The first kappa shape index (κ1) is 17.3. The van der Waals surface area contributed by atoms with E-state index < -0.39 is 0 Å². The molecular weight excluding hydrogens is 288 g/mol. The molecular formula is C24H32. The van der Waals surface area contributed by atoms with Gasteiger partial charge in [0, 0.05) is 5.41 Å². The van der Waals surface area contributed by atoms with Crippen LogP contribution >= 0.6 is 0 Å². The molecule has 24 heavy (non-hydrogen) atoms. The van der Waals surface area contributed by atoms with Gasteiger partial charge in [-0.2, -0.15) is 0 Å². The van der Waals surface area contributed by atoms with Crippen molar-refractivity contribution in [3.05, 3.63) is 68.8 Å². The van der Waals surface area contributed by atoms with E-state index in [1.165, 1.54) is 65.5 Å². The molecule has 0 N–H and O–H groups in total. The van der Waals surface area contributed by atoms with Crippen LogP contribution in [0.3, 0.4) is 0 Å². The first-order chi connectivity index (χ1) is 11.3. The SMILES string of the molecule is Cc1cc(C)c(C2(c3c(C)cc(C)cc3C)CCCCC2)c(C)c1. The van der Waals surface area contributed by atoms with E-state index in [1.54, 1.807) is 11.1 Å². The molecule has 0 amide bonds. The number of benzene rings is 2. The second-order valence-electron chi connectivity index (χ2n) is 8.19. The normalized spacial score (nSPS) is 17.1. The maximum Gasteiger partial charge on any atom is 0.0213 e. The van der Waals surface area contributed by atoms with Crippen LogP contribution in [0.2, 0.25) is 0 Å². The van der Waals surface area contributed by atoms with Crippen molar-refractivity contribution in [1.29, 1.82) is 0 Å². The van der Waals surface area contributed by atoms with Crippen molar-refractivity contribution < 1.29 is 0 Å². The molecule has 2 aromatic rings. The Morgan fingerprint density at radius 1 is 0.542 bits per heavy atom. The quantitative estimate of drug-likeness (QED) is 0.571. The lowest BCUT2D eigenvalue weighted by molar-refractivity contribution is 0.341. The second-order valence-corrected chi connectivity index (χ2v) is 8.19. The minimum Gasteiger partial charge on any atom is -0.0561 e. The van der Waals surface area contributed by atoms with Crippen molar-refractivity contribution in [2.45, 2.75) is 79.1 Å². The van der Waals surface area contributed by atoms with Crippen molar-refractivity contribution in [3.8, 4) is 0 Å². The summed E-state index contributed by atoms with van der Waals surface area (Å²) in [5, 5.41) is 0. The van der Waals surface area contributed by atoms with Gasteiger partial charge in [0.2, 0.25) is 0 Å². The minimum atomic E-state index is 0.210. The monoisotopic (exact) mass is 320 g/mol. The molecule has 128 valence electrons. The molecule has 3 rings (SSSR count). The van der Waals surface area contributed by atoms with E-state index in [9.17, 15) is 0 Å². The topological polar surface area (TPSA) is 0 Å². The molecule has 0 radical (unpaired) electrons. The average molecular weight is 321 g/mol. The van der Waals surface area contributed by atoms with E-state index in [0.29, 0.717) is 0 Å². The molecule has 0 unspecified atom stereocenters.